The van der Waals surface area contributed by atoms with E-state index in [1.54, 1.807) is 12.1 Å². The molecule has 4 nitrogen and oxygen atoms in total. The van der Waals surface area contributed by atoms with Crippen LogP contribution < -0.4 is 0 Å². The molecule has 0 aromatic heterocycles. The molecule has 0 atom stereocenters. The lowest BCUT2D eigenvalue weighted by molar-refractivity contribution is 0.459. The van der Waals surface area contributed by atoms with Crippen molar-refractivity contribution in [2.24, 2.45) is 0 Å². The minimum atomic E-state index is -3.61. The van der Waals surface area contributed by atoms with Gasteiger partial charge in [0.05, 0.1) is 25.0 Å². The van der Waals surface area contributed by atoms with Crippen molar-refractivity contribution in [3.63, 3.8) is 0 Å². The van der Waals surface area contributed by atoms with E-state index in [9.17, 15) is 18.6 Å². The standard InChI is InChI=1S/C28H30Br2O4S/c1-14(2)18-11-21(16(5)24(29)26(18)31)28(13-35(33,34)23-10-8-7-9-20(23)28)22-12-19(15(3)4)27(32)25(30)17(22)6/h7-12,14-15,31-32H,13H2,1-6H3. The van der Waals surface area contributed by atoms with E-state index in [0.717, 1.165) is 33.4 Å². The molecule has 0 saturated carbocycles. The number of phenols is 2. The Morgan fingerprint density at radius 1 is 0.800 bits per heavy atom. The second-order valence-corrected chi connectivity index (χ2v) is 13.6. The lowest BCUT2D eigenvalue weighted by atomic mass is 9.67. The van der Waals surface area contributed by atoms with Crippen LogP contribution in [-0.4, -0.2) is 24.4 Å². The van der Waals surface area contributed by atoms with Crippen LogP contribution >= 0.6 is 31.9 Å². The van der Waals surface area contributed by atoms with Gasteiger partial charge in [0.2, 0.25) is 0 Å². The highest BCUT2D eigenvalue weighted by molar-refractivity contribution is 9.11. The summed E-state index contributed by atoms with van der Waals surface area (Å²) in [5.41, 5.74) is 4.41. The van der Waals surface area contributed by atoms with Crippen molar-refractivity contribution in [1.82, 2.24) is 0 Å². The first-order chi connectivity index (χ1) is 16.3. The molecule has 0 radical (unpaired) electrons. The van der Waals surface area contributed by atoms with E-state index in [0.29, 0.717) is 19.4 Å². The Bertz CT molecular complexity index is 1390. The minimum absolute atomic E-state index is 0.0230. The maximum Gasteiger partial charge on any atom is 0.180 e. The third-order valence-corrected chi connectivity index (χ3v) is 11.1. The highest BCUT2D eigenvalue weighted by Gasteiger charge is 2.51. The van der Waals surface area contributed by atoms with Crippen LogP contribution in [0.5, 0.6) is 11.5 Å². The molecule has 1 heterocycles. The quantitative estimate of drug-likeness (QED) is 0.314. The number of rotatable bonds is 4. The fraction of sp³-hybridized carbons (Fsp3) is 0.357. The van der Waals surface area contributed by atoms with Crippen molar-refractivity contribution in [2.45, 2.75) is 63.7 Å². The number of fused-ring (bicyclic) bond motifs is 1. The molecule has 0 fully saturated rings. The first-order valence-electron chi connectivity index (χ1n) is 11.6. The Hall–Kier alpha value is -1.83. The van der Waals surface area contributed by atoms with E-state index in [2.05, 4.69) is 31.9 Å². The third-order valence-electron chi connectivity index (χ3n) is 7.28. The average molecular weight is 622 g/mol. The Labute approximate surface area is 224 Å². The molecule has 0 amide bonds. The number of sulfone groups is 1. The normalized spacial score (nSPS) is 16.2. The first-order valence-corrected chi connectivity index (χ1v) is 14.9. The minimum Gasteiger partial charge on any atom is -0.506 e. The number of halogens is 2. The van der Waals surface area contributed by atoms with E-state index in [-0.39, 0.29) is 29.1 Å². The van der Waals surface area contributed by atoms with Crippen LogP contribution in [-0.2, 0) is 15.3 Å². The summed E-state index contributed by atoms with van der Waals surface area (Å²) in [6.45, 7) is 11.8. The molecule has 0 saturated heterocycles. The van der Waals surface area contributed by atoms with Gasteiger partial charge in [0.15, 0.2) is 9.84 Å². The molecule has 0 bridgehead atoms. The molecule has 0 aliphatic carbocycles. The van der Waals surface area contributed by atoms with E-state index < -0.39 is 15.3 Å². The summed E-state index contributed by atoms with van der Waals surface area (Å²) in [4.78, 5) is 0.324. The highest BCUT2D eigenvalue weighted by Crippen LogP contribution is 2.55. The molecule has 1 aliphatic heterocycles. The summed E-state index contributed by atoms with van der Waals surface area (Å²) in [6, 6.07) is 11.1. The summed E-state index contributed by atoms with van der Waals surface area (Å²) < 4.78 is 28.5. The Morgan fingerprint density at radius 3 is 1.66 bits per heavy atom. The Kier molecular flexibility index (Phi) is 6.69. The van der Waals surface area contributed by atoms with Crippen molar-refractivity contribution in [2.75, 3.05) is 5.75 Å². The summed E-state index contributed by atoms with van der Waals surface area (Å²) in [5.74, 6) is 0.267. The number of aromatic hydroxyl groups is 2. The summed E-state index contributed by atoms with van der Waals surface area (Å²) in [7, 11) is -3.61. The maximum absolute atomic E-state index is 13.7. The summed E-state index contributed by atoms with van der Waals surface area (Å²) >= 11 is 7.19. The molecule has 186 valence electrons. The van der Waals surface area contributed by atoms with Gasteiger partial charge in [0.1, 0.15) is 11.5 Å². The largest absolute Gasteiger partial charge is 0.506 e. The molecule has 3 aromatic rings. The summed E-state index contributed by atoms with van der Waals surface area (Å²) in [5, 5.41) is 21.8. The van der Waals surface area contributed by atoms with Crippen molar-refractivity contribution >= 4 is 41.7 Å². The predicted molar refractivity (Wildman–Crippen MR) is 148 cm³/mol. The number of phenolic OH excluding ortho intramolecular Hbond substituents is 2. The van der Waals surface area contributed by atoms with Crippen LogP contribution in [0.3, 0.4) is 0 Å². The molecule has 35 heavy (non-hydrogen) atoms. The summed E-state index contributed by atoms with van der Waals surface area (Å²) in [6.07, 6.45) is 0. The van der Waals surface area contributed by atoms with Gasteiger partial charge in [-0.3, -0.25) is 0 Å². The second-order valence-electron chi connectivity index (χ2n) is 10.1. The van der Waals surface area contributed by atoms with Gasteiger partial charge >= 0.3 is 0 Å². The van der Waals surface area contributed by atoms with Crippen LogP contribution in [0.15, 0.2) is 50.2 Å². The highest BCUT2D eigenvalue weighted by atomic mass is 79.9. The van der Waals surface area contributed by atoms with E-state index >= 15 is 0 Å². The van der Waals surface area contributed by atoms with E-state index in [1.165, 1.54) is 0 Å². The average Bonchev–Trinajstić information content (AvgIpc) is 3.03. The molecule has 2 N–H and O–H groups in total. The Balaban J connectivity index is 2.27. The van der Waals surface area contributed by atoms with E-state index in [1.807, 2.05) is 65.8 Å². The van der Waals surface area contributed by atoms with Gasteiger partial charge < -0.3 is 10.2 Å². The molecule has 7 heteroatoms. The third kappa shape index (κ3) is 3.85. The first kappa shape index (κ1) is 26.2. The maximum atomic E-state index is 13.7. The van der Waals surface area contributed by atoms with Gasteiger partial charge in [0.25, 0.3) is 0 Å². The number of hydrogen-bond donors (Lipinski definition) is 2. The van der Waals surface area contributed by atoms with Gasteiger partial charge in [0, 0.05) is 0 Å². The van der Waals surface area contributed by atoms with Crippen LogP contribution in [0.1, 0.15) is 78.5 Å². The monoisotopic (exact) mass is 620 g/mol. The molecule has 0 unspecified atom stereocenters. The topological polar surface area (TPSA) is 74.6 Å². The van der Waals surface area contributed by atoms with Gasteiger partial charge in [-0.15, -0.1) is 0 Å². The van der Waals surface area contributed by atoms with E-state index in [4.69, 9.17) is 0 Å². The van der Waals surface area contributed by atoms with Crippen LogP contribution in [0.25, 0.3) is 0 Å². The van der Waals surface area contributed by atoms with Crippen molar-refractivity contribution < 1.29 is 18.6 Å². The van der Waals surface area contributed by atoms with Crippen molar-refractivity contribution in [1.29, 1.82) is 0 Å². The van der Waals surface area contributed by atoms with Crippen molar-refractivity contribution in [3.05, 3.63) is 84.3 Å². The number of hydrogen-bond acceptors (Lipinski definition) is 4. The lowest BCUT2D eigenvalue weighted by Crippen LogP contribution is -2.34. The van der Waals surface area contributed by atoms with Gasteiger partial charge in [-0.2, -0.15) is 0 Å². The zero-order valence-electron chi connectivity index (χ0n) is 20.7. The molecule has 3 aromatic carbocycles. The van der Waals surface area contributed by atoms with Crippen LogP contribution in [0, 0.1) is 13.8 Å². The lowest BCUT2D eigenvalue weighted by Gasteiger charge is -2.36. The SMILES string of the molecule is Cc1c(C2(c3cc(C(C)C)c(O)c(Br)c3C)CS(=O)(=O)c3ccccc32)cc(C(C)C)c(O)c1Br. The zero-order valence-corrected chi connectivity index (χ0v) is 24.7. The Morgan fingerprint density at radius 2 is 1.23 bits per heavy atom. The molecular formula is C28H30Br2O4S. The fourth-order valence-corrected chi connectivity index (χ4v) is 8.34. The predicted octanol–water partition coefficient (Wildman–Crippen LogP) is 7.61. The number of benzene rings is 3. The molecule has 0 spiro atoms. The van der Waals surface area contributed by atoms with Gasteiger partial charge in [-0.25, -0.2) is 8.42 Å². The molecule has 1 aliphatic rings. The zero-order chi connectivity index (χ0) is 26.0. The van der Waals surface area contributed by atoms with Crippen LogP contribution in [0.2, 0.25) is 0 Å². The second kappa shape index (κ2) is 8.93. The molecular weight excluding hydrogens is 592 g/mol. The van der Waals surface area contributed by atoms with Crippen molar-refractivity contribution in [3.8, 4) is 11.5 Å². The van der Waals surface area contributed by atoms with Gasteiger partial charge in [-0.05, 0) is 103 Å². The smallest absolute Gasteiger partial charge is 0.180 e. The molecule has 4 rings (SSSR count). The van der Waals surface area contributed by atoms with Crippen LogP contribution in [0.4, 0.5) is 0 Å². The van der Waals surface area contributed by atoms with Gasteiger partial charge in [-0.1, -0.05) is 58.0 Å². The fourth-order valence-electron chi connectivity index (χ4n) is 5.40.